The summed E-state index contributed by atoms with van der Waals surface area (Å²) in [5.74, 6) is -4.01. The van der Waals surface area contributed by atoms with Crippen molar-refractivity contribution in [1.82, 2.24) is 9.80 Å². The first-order valence-electron chi connectivity index (χ1n) is 11.2. The van der Waals surface area contributed by atoms with Gasteiger partial charge in [0.15, 0.2) is 0 Å². The van der Waals surface area contributed by atoms with Crippen molar-refractivity contribution >= 4 is 23.9 Å². The Labute approximate surface area is 386 Å². The average molecular weight is 615 g/mol. The second-order valence-electron chi connectivity index (χ2n) is 7.92. The smallest absolute Gasteiger partial charge is 0.550 e. The number of unbranched alkanes of at least 4 members (excludes halogenated alkanes) is 4. The molecule has 0 saturated heterocycles. The van der Waals surface area contributed by atoms with Gasteiger partial charge in [-0.05, 0) is 117 Å². The van der Waals surface area contributed by atoms with E-state index < -0.39 is 23.9 Å². The van der Waals surface area contributed by atoms with Gasteiger partial charge in [-0.2, -0.15) is 0 Å². The Bertz CT molecular complexity index is 456. The second kappa shape index (κ2) is 39.3. The third-order valence-electron chi connectivity index (χ3n) is 4.68. The van der Waals surface area contributed by atoms with E-state index in [2.05, 4.69) is 9.80 Å². The van der Waals surface area contributed by atoms with Crippen LogP contribution in [-0.2, 0) is 19.2 Å². The quantitative estimate of drug-likeness (QED) is 0.0949. The van der Waals surface area contributed by atoms with Crippen LogP contribution >= 0.6 is 0 Å². The first-order valence-corrected chi connectivity index (χ1v) is 11.2. The van der Waals surface area contributed by atoms with E-state index >= 15 is 0 Å². The Morgan fingerprint density at radius 2 is 0.583 bits per heavy atom. The van der Waals surface area contributed by atoms with Crippen LogP contribution in [0.3, 0.4) is 0 Å². The predicted octanol–water partition coefficient (Wildman–Crippen LogP) is -14.5. The summed E-state index contributed by atoms with van der Waals surface area (Å²) in [5, 5.41) is 40.5. The second-order valence-corrected chi connectivity index (χ2v) is 7.92. The van der Waals surface area contributed by atoms with Crippen LogP contribution in [0.2, 0.25) is 0 Å². The van der Waals surface area contributed by atoms with E-state index in [1.165, 1.54) is 0 Å². The summed E-state index contributed by atoms with van der Waals surface area (Å²) >= 11 is 0. The molecule has 0 fully saturated rings. The number of carbonyl (C=O) groups is 4. The Morgan fingerprint density at radius 3 is 0.722 bits per heavy atom. The molecule has 0 bridgehead atoms. The van der Waals surface area contributed by atoms with E-state index in [0.29, 0.717) is 25.7 Å². The van der Waals surface area contributed by atoms with Gasteiger partial charge in [0.25, 0.3) is 0 Å². The molecule has 0 radical (unpaired) electrons. The topological polar surface area (TPSA) is 167 Å². The summed E-state index contributed by atoms with van der Waals surface area (Å²) in [7, 11) is 3.88. The summed E-state index contributed by atoms with van der Waals surface area (Å²) in [6, 6.07) is 0. The molecule has 14 heteroatoms. The minimum absolute atomic E-state index is 0. The third kappa shape index (κ3) is 51.1. The standard InChI is InChI=1S/2C11H21NO4.4K/c2*1-12(8-4-2-6-10(13)14)9-5-3-7-11(15)16;;;;/h2*2-9H2,1H3,(H,13,14)(H,15,16);;;;/q;;4*+1/p-4. The number of carbonyl (C=O) groups excluding carboxylic acids is 4. The van der Waals surface area contributed by atoms with Crippen LogP contribution in [0.5, 0.6) is 0 Å². The third-order valence-corrected chi connectivity index (χ3v) is 4.68. The van der Waals surface area contributed by atoms with Gasteiger partial charge in [-0.3, -0.25) is 0 Å². The molecule has 0 unspecified atom stereocenters. The van der Waals surface area contributed by atoms with Gasteiger partial charge < -0.3 is 49.4 Å². The minimum Gasteiger partial charge on any atom is -0.550 e. The van der Waals surface area contributed by atoms with Crippen LogP contribution in [-0.4, -0.2) is 74.0 Å². The summed E-state index contributed by atoms with van der Waals surface area (Å²) in [6.45, 7) is 3.33. The maximum Gasteiger partial charge on any atom is 1.00 e. The number of carboxylic acid groups (broad SMARTS) is 4. The molecule has 0 aliphatic heterocycles. The van der Waals surface area contributed by atoms with Crippen LogP contribution in [0.4, 0.5) is 0 Å². The van der Waals surface area contributed by atoms with Gasteiger partial charge in [-0.1, -0.05) is 0 Å². The van der Waals surface area contributed by atoms with Gasteiger partial charge in [0.2, 0.25) is 0 Å². The van der Waals surface area contributed by atoms with Crippen LogP contribution in [0.25, 0.3) is 0 Å². The zero-order valence-corrected chi connectivity index (χ0v) is 36.0. The molecule has 36 heavy (non-hydrogen) atoms. The van der Waals surface area contributed by atoms with Crippen LogP contribution < -0.4 is 226 Å². The van der Waals surface area contributed by atoms with Crippen molar-refractivity contribution in [2.75, 3.05) is 40.3 Å². The average Bonchev–Trinajstić information content (AvgIpc) is 2.69. The minimum atomic E-state index is -1.00. The predicted molar refractivity (Wildman–Crippen MR) is 110 cm³/mol. The van der Waals surface area contributed by atoms with Gasteiger partial charge >= 0.3 is 206 Å². The molecular weight excluding hydrogens is 577 g/mol. The molecule has 0 aliphatic carbocycles. The largest absolute Gasteiger partial charge is 1.00 e. The molecule has 0 atom stereocenters. The van der Waals surface area contributed by atoms with Gasteiger partial charge in [-0.25, -0.2) is 0 Å². The van der Waals surface area contributed by atoms with E-state index in [4.69, 9.17) is 0 Å². The van der Waals surface area contributed by atoms with E-state index in [-0.39, 0.29) is 231 Å². The number of hydrogen-bond donors (Lipinski definition) is 0. The Kier molecular flexibility index (Phi) is 57.9. The van der Waals surface area contributed by atoms with E-state index in [9.17, 15) is 39.6 Å². The van der Waals surface area contributed by atoms with E-state index in [0.717, 1.165) is 51.9 Å². The normalized spacial score (nSPS) is 9.44. The van der Waals surface area contributed by atoms with Gasteiger partial charge in [0, 0.05) is 23.9 Å². The maximum absolute atomic E-state index is 10.1. The molecule has 0 spiro atoms. The first-order chi connectivity index (χ1) is 15.0. The molecule has 0 aromatic heterocycles. The number of aliphatic carboxylic acids is 4. The van der Waals surface area contributed by atoms with E-state index in [1.54, 1.807) is 0 Å². The van der Waals surface area contributed by atoms with Gasteiger partial charge in [-0.15, -0.1) is 0 Å². The van der Waals surface area contributed by atoms with E-state index in [1.807, 2.05) is 14.1 Å². The zero-order chi connectivity index (χ0) is 24.8. The molecule has 10 nitrogen and oxygen atoms in total. The molecule has 0 rings (SSSR count). The zero-order valence-electron chi connectivity index (χ0n) is 23.5. The summed E-state index contributed by atoms with van der Waals surface area (Å²) in [4.78, 5) is 44.7. The van der Waals surface area contributed by atoms with Crippen LogP contribution in [0, 0.1) is 0 Å². The van der Waals surface area contributed by atoms with Crippen molar-refractivity contribution in [2.45, 2.75) is 77.0 Å². The molecule has 0 amide bonds. The van der Waals surface area contributed by atoms with Gasteiger partial charge in [0.05, 0.1) is 0 Å². The first kappa shape index (κ1) is 52.9. The van der Waals surface area contributed by atoms with Crippen LogP contribution in [0.15, 0.2) is 0 Å². The Balaban J connectivity index is -0.000000112. The Morgan fingerprint density at radius 1 is 0.417 bits per heavy atom. The molecule has 0 aliphatic rings. The fourth-order valence-electron chi connectivity index (χ4n) is 2.83. The summed E-state index contributed by atoms with van der Waals surface area (Å²) in [5.41, 5.74) is 0. The SMILES string of the molecule is CN(CCCCC(=O)[O-])CCCCC(=O)[O-].CN(CCCCC(=O)[O-])CCCCC(=O)[O-].[K+].[K+].[K+].[K+]. The molecule has 0 heterocycles. The van der Waals surface area contributed by atoms with Crippen molar-refractivity contribution in [1.29, 1.82) is 0 Å². The molecule has 0 N–H and O–H groups in total. The molecule has 0 aromatic carbocycles. The summed E-state index contributed by atoms with van der Waals surface area (Å²) in [6.07, 6.45) is 6.26. The van der Waals surface area contributed by atoms with Crippen molar-refractivity contribution in [3.63, 3.8) is 0 Å². The van der Waals surface area contributed by atoms with Crippen molar-refractivity contribution in [3.8, 4) is 0 Å². The number of nitrogens with zero attached hydrogens (tertiary/aromatic N) is 2. The van der Waals surface area contributed by atoms with Crippen molar-refractivity contribution in [3.05, 3.63) is 0 Å². The number of rotatable bonds is 20. The monoisotopic (exact) mass is 614 g/mol. The Hall–Kier alpha value is 4.35. The maximum atomic E-state index is 10.1. The van der Waals surface area contributed by atoms with Crippen LogP contribution in [0.1, 0.15) is 77.0 Å². The molecule has 0 aromatic rings. The fraction of sp³-hybridized carbons (Fsp3) is 0.818. The summed E-state index contributed by atoms with van der Waals surface area (Å²) < 4.78 is 0. The van der Waals surface area contributed by atoms with Crippen molar-refractivity contribution in [2.24, 2.45) is 0 Å². The van der Waals surface area contributed by atoms with Crippen molar-refractivity contribution < 1.29 is 245 Å². The number of carboxylic acids is 4. The molecular formula is C22H38K4N2O8. The number of hydrogen-bond acceptors (Lipinski definition) is 10. The molecule has 0 saturated carbocycles. The molecule has 188 valence electrons. The fourth-order valence-corrected chi connectivity index (χ4v) is 2.83. The van der Waals surface area contributed by atoms with Gasteiger partial charge in [0.1, 0.15) is 0 Å².